The van der Waals surface area contributed by atoms with Crippen molar-refractivity contribution < 1.29 is 13.6 Å². The van der Waals surface area contributed by atoms with Crippen molar-refractivity contribution in [1.29, 1.82) is 0 Å². The monoisotopic (exact) mass is 463 g/mol. The summed E-state index contributed by atoms with van der Waals surface area (Å²) in [6, 6.07) is 7.08. The number of amides is 1. The zero-order valence-corrected chi connectivity index (χ0v) is 19.0. The number of halogens is 2. The smallest absolute Gasteiger partial charge is 0.277 e. The maximum absolute atomic E-state index is 13.9. The molecule has 1 aliphatic rings. The minimum absolute atomic E-state index is 0.247. The largest absolute Gasteiger partial charge is 0.305 e. The third-order valence-electron chi connectivity index (χ3n) is 5.75. The van der Waals surface area contributed by atoms with Gasteiger partial charge in [-0.05, 0) is 37.5 Å². The molecule has 1 amide bonds. The lowest BCUT2D eigenvalue weighted by atomic mass is 9.92. The van der Waals surface area contributed by atoms with Crippen LogP contribution in [0.25, 0.3) is 11.6 Å². The quantitative estimate of drug-likeness (QED) is 0.491. The highest BCUT2D eigenvalue weighted by Crippen LogP contribution is 2.30. The summed E-state index contributed by atoms with van der Waals surface area (Å²) in [5.41, 5.74) is 2.74. The average Bonchev–Trinajstić information content (AvgIpc) is 3.51. The molecule has 1 aromatic carbocycles. The van der Waals surface area contributed by atoms with Crippen molar-refractivity contribution in [2.75, 3.05) is 5.32 Å². The van der Waals surface area contributed by atoms with Gasteiger partial charge in [0.15, 0.2) is 17.3 Å². The fourth-order valence-electron chi connectivity index (χ4n) is 4.02. The minimum atomic E-state index is -0.966. The summed E-state index contributed by atoms with van der Waals surface area (Å²) in [6.45, 7) is 6.06. The highest BCUT2D eigenvalue weighted by atomic mass is 19.2. The van der Waals surface area contributed by atoms with Crippen LogP contribution in [-0.2, 0) is 18.3 Å². The third-order valence-corrected chi connectivity index (χ3v) is 5.75. The molecule has 1 aliphatic carbocycles. The van der Waals surface area contributed by atoms with Crippen molar-refractivity contribution in [2.45, 2.75) is 45.4 Å². The van der Waals surface area contributed by atoms with Crippen molar-refractivity contribution >= 4 is 11.7 Å². The molecule has 0 radical (unpaired) electrons. The Hall–Kier alpha value is -3.95. The van der Waals surface area contributed by atoms with Crippen LogP contribution in [0.4, 0.5) is 14.6 Å². The van der Waals surface area contributed by atoms with Gasteiger partial charge in [-0.15, -0.1) is 0 Å². The van der Waals surface area contributed by atoms with Crippen LogP contribution in [0, 0.1) is 11.6 Å². The van der Waals surface area contributed by atoms with Crippen LogP contribution in [0.5, 0.6) is 0 Å². The molecule has 0 aliphatic heterocycles. The van der Waals surface area contributed by atoms with Crippen molar-refractivity contribution in [1.82, 2.24) is 29.5 Å². The van der Waals surface area contributed by atoms with Crippen molar-refractivity contribution in [3.8, 4) is 11.6 Å². The number of benzene rings is 1. The second-order valence-corrected chi connectivity index (χ2v) is 9.22. The Morgan fingerprint density at radius 3 is 2.47 bits per heavy atom. The van der Waals surface area contributed by atoms with Gasteiger partial charge in [-0.2, -0.15) is 14.9 Å². The van der Waals surface area contributed by atoms with E-state index in [0.29, 0.717) is 30.3 Å². The Kier molecular flexibility index (Phi) is 5.22. The number of nitrogens with zero attached hydrogens (tertiary/aromatic N) is 6. The highest BCUT2D eigenvalue weighted by molar-refractivity contribution is 6.04. The summed E-state index contributed by atoms with van der Waals surface area (Å²) in [4.78, 5) is 21.9. The zero-order chi connectivity index (χ0) is 24.0. The number of anilines is 1. The van der Waals surface area contributed by atoms with Crippen LogP contribution in [0.3, 0.4) is 0 Å². The van der Waals surface area contributed by atoms with Gasteiger partial charge in [0, 0.05) is 41.2 Å². The Morgan fingerprint density at radius 1 is 1.00 bits per heavy atom. The maximum Gasteiger partial charge on any atom is 0.277 e. The lowest BCUT2D eigenvalue weighted by Gasteiger charge is -2.13. The van der Waals surface area contributed by atoms with Gasteiger partial charge in [-0.25, -0.2) is 23.4 Å². The number of fused-ring (bicyclic) bond motifs is 1. The molecule has 0 bridgehead atoms. The van der Waals surface area contributed by atoms with Gasteiger partial charge < -0.3 is 5.32 Å². The van der Waals surface area contributed by atoms with E-state index in [0.717, 1.165) is 35.5 Å². The summed E-state index contributed by atoms with van der Waals surface area (Å²) in [6.07, 6.45) is 5.42. The molecule has 5 rings (SSSR count). The summed E-state index contributed by atoms with van der Waals surface area (Å²) >= 11 is 0. The minimum Gasteiger partial charge on any atom is -0.305 e. The molecular formula is C24H23F2N7O. The number of rotatable bonds is 4. The lowest BCUT2D eigenvalue weighted by molar-refractivity contribution is 0.102. The second-order valence-electron chi connectivity index (χ2n) is 9.22. The first-order valence-electron chi connectivity index (χ1n) is 11.0. The Bertz CT molecular complexity index is 1390. The molecule has 0 atom stereocenters. The third kappa shape index (κ3) is 3.85. The second kappa shape index (κ2) is 8.12. The van der Waals surface area contributed by atoms with E-state index in [9.17, 15) is 13.6 Å². The van der Waals surface area contributed by atoms with Gasteiger partial charge in [0.05, 0.1) is 11.4 Å². The molecule has 0 saturated carbocycles. The summed E-state index contributed by atoms with van der Waals surface area (Å²) in [5.74, 6) is -1.58. The molecule has 8 nitrogen and oxygen atoms in total. The van der Waals surface area contributed by atoms with Crippen LogP contribution in [0.15, 0.2) is 42.7 Å². The fraction of sp³-hybridized carbons (Fsp3) is 0.292. The van der Waals surface area contributed by atoms with E-state index >= 15 is 0 Å². The molecule has 0 fully saturated rings. The number of aromatic nitrogens is 6. The lowest BCUT2D eigenvalue weighted by Crippen LogP contribution is -2.18. The molecule has 0 unspecified atom stereocenters. The van der Waals surface area contributed by atoms with Crippen LogP contribution in [-0.4, -0.2) is 35.4 Å². The molecule has 3 aromatic heterocycles. The zero-order valence-electron chi connectivity index (χ0n) is 19.0. The van der Waals surface area contributed by atoms with E-state index in [2.05, 4.69) is 25.5 Å². The molecule has 3 heterocycles. The van der Waals surface area contributed by atoms with E-state index in [1.807, 2.05) is 20.8 Å². The molecule has 1 N–H and O–H groups in total. The number of hydrogen-bond donors (Lipinski definition) is 1. The summed E-state index contributed by atoms with van der Waals surface area (Å²) in [7, 11) is 0. The fourth-order valence-corrected chi connectivity index (χ4v) is 4.02. The Balaban J connectivity index is 1.53. The summed E-state index contributed by atoms with van der Waals surface area (Å²) < 4.78 is 30.3. The van der Waals surface area contributed by atoms with Crippen LogP contribution in [0.1, 0.15) is 54.6 Å². The topological polar surface area (TPSA) is 90.5 Å². The first kappa shape index (κ1) is 21.9. The molecule has 0 spiro atoms. The highest BCUT2D eigenvalue weighted by Gasteiger charge is 2.29. The Morgan fingerprint density at radius 2 is 1.76 bits per heavy atom. The first-order valence-corrected chi connectivity index (χ1v) is 11.0. The van der Waals surface area contributed by atoms with Gasteiger partial charge in [-0.3, -0.25) is 4.79 Å². The van der Waals surface area contributed by atoms with E-state index < -0.39 is 17.5 Å². The normalized spacial score (nSPS) is 13.2. The number of hydrogen-bond acceptors (Lipinski definition) is 5. The Labute approximate surface area is 194 Å². The van der Waals surface area contributed by atoms with Crippen LogP contribution >= 0.6 is 0 Å². The SMILES string of the molecule is CC(C)(C)c1cc(NC(=O)c2nn(-c3ccc(F)c(F)c3)c3c2CCC3)n(-c2ncccn2)n1. The first-order chi connectivity index (χ1) is 16.2. The number of carbonyl (C=O) groups is 1. The van der Waals surface area contributed by atoms with E-state index in [4.69, 9.17) is 0 Å². The maximum atomic E-state index is 13.9. The van der Waals surface area contributed by atoms with E-state index in [-0.39, 0.29) is 11.1 Å². The predicted molar refractivity (Wildman–Crippen MR) is 121 cm³/mol. The van der Waals surface area contributed by atoms with Crippen LogP contribution in [0.2, 0.25) is 0 Å². The molecule has 0 saturated heterocycles. The van der Waals surface area contributed by atoms with Gasteiger partial charge in [0.2, 0.25) is 0 Å². The van der Waals surface area contributed by atoms with Gasteiger partial charge >= 0.3 is 0 Å². The molecule has 174 valence electrons. The van der Waals surface area contributed by atoms with Crippen molar-refractivity contribution in [2.24, 2.45) is 0 Å². The van der Waals surface area contributed by atoms with Crippen LogP contribution < -0.4 is 5.32 Å². The average molecular weight is 463 g/mol. The summed E-state index contributed by atoms with van der Waals surface area (Å²) in [5, 5.41) is 12.0. The van der Waals surface area contributed by atoms with Crippen molar-refractivity contribution in [3.63, 3.8) is 0 Å². The standard InChI is InChI=1S/C24H23F2N7O/c1-24(2,3)19-13-20(33(30-19)23-27-10-5-11-28-23)29-22(34)21-15-6-4-7-18(15)32(31-21)14-8-9-16(25)17(26)12-14/h5,8-13H,4,6-7H2,1-3H3,(H,29,34). The molecule has 4 aromatic rings. The van der Waals surface area contributed by atoms with E-state index in [1.54, 1.807) is 24.5 Å². The molecular weight excluding hydrogens is 440 g/mol. The van der Waals surface area contributed by atoms with E-state index in [1.165, 1.54) is 15.4 Å². The number of nitrogens with one attached hydrogen (secondary N) is 1. The molecule has 10 heteroatoms. The number of carbonyl (C=O) groups excluding carboxylic acids is 1. The van der Waals surface area contributed by atoms with Crippen molar-refractivity contribution in [3.05, 3.63) is 77.0 Å². The van der Waals surface area contributed by atoms with Gasteiger partial charge in [-0.1, -0.05) is 20.8 Å². The molecule has 34 heavy (non-hydrogen) atoms. The van der Waals surface area contributed by atoms with Gasteiger partial charge in [0.1, 0.15) is 5.82 Å². The predicted octanol–water partition coefficient (Wildman–Crippen LogP) is 4.16. The van der Waals surface area contributed by atoms with Gasteiger partial charge in [0.25, 0.3) is 11.9 Å².